The van der Waals surface area contributed by atoms with Gasteiger partial charge in [-0.15, -0.1) is 0 Å². The number of amides is 2. The van der Waals surface area contributed by atoms with E-state index >= 15 is 0 Å². The van der Waals surface area contributed by atoms with Crippen molar-refractivity contribution in [3.8, 4) is 0 Å². The van der Waals surface area contributed by atoms with Gasteiger partial charge in [0.15, 0.2) is 0 Å². The van der Waals surface area contributed by atoms with Crippen LogP contribution in [0.1, 0.15) is 44.7 Å². The number of hydrogen-bond donors (Lipinski definition) is 2. The molecule has 0 unspecified atom stereocenters. The zero-order valence-electron chi connectivity index (χ0n) is 31.3. The molecule has 2 amide bonds. The second-order valence-corrected chi connectivity index (χ2v) is 13.3. The van der Waals surface area contributed by atoms with Crippen molar-refractivity contribution >= 4 is 34.6 Å². The molecule has 0 aliphatic carbocycles. The fraction of sp³-hybridized carbons (Fsp3) is 0.273. The molecule has 0 atom stereocenters. The van der Waals surface area contributed by atoms with Gasteiger partial charge in [-0.2, -0.15) is 20.5 Å². The largest absolute Gasteiger partial charge is 0.352 e. The van der Waals surface area contributed by atoms with E-state index in [1.807, 2.05) is 84.9 Å². The third kappa shape index (κ3) is 13.9. The molecule has 0 spiro atoms. The van der Waals surface area contributed by atoms with E-state index < -0.39 is 0 Å². The maximum absolute atomic E-state index is 12.7. The lowest BCUT2D eigenvalue weighted by molar-refractivity contribution is 0.0940. The predicted octanol–water partition coefficient (Wildman–Crippen LogP) is 9.11. The lowest BCUT2D eigenvalue weighted by Gasteiger charge is -2.17. The first-order chi connectivity index (χ1) is 26.4. The molecular weight excluding hydrogens is 673 g/mol. The fourth-order valence-electron chi connectivity index (χ4n) is 5.62. The van der Waals surface area contributed by atoms with Crippen molar-refractivity contribution in [1.82, 2.24) is 20.4 Å². The van der Waals surface area contributed by atoms with Crippen LogP contribution >= 0.6 is 0 Å². The lowest BCUT2D eigenvalue weighted by atomic mass is 10.1. The van der Waals surface area contributed by atoms with Crippen LogP contribution in [0.3, 0.4) is 0 Å². The molecule has 10 heteroatoms. The van der Waals surface area contributed by atoms with Crippen molar-refractivity contribution in [2.75, 3.05) is 53.4 Å². The second kappa shape index (κ2) is 21.6. The first kappa shape index (κ1) is 39.4. The van der Waals surface area contributed by atoms with Crippen molar-refractivity contribution in [2.45, 2.75) is 25.7 Å². The summed E-state index contributed by atoms with van der Waals surface area (Å²) in [5.74, 6) is -0.275. The number of rotatable bonds is 20. The maximum Gasteiger partial charge on any atom is 0.251 e. The highest BCUT2D eigenvalue weighted by atomic mass is 16.2. The van der Waals surface area contributed by atoms with Gasteiger partial charge in [-0.25, -0.2) is 0 Å². The van der Waals surface area contributed by atoms with E-state index in [1.165, 1.54) is 11.1 Å². The molecule has 0 aliphatic rings. The minimum Gasteiger partial charge on any atom is -0.352 e. The van der Waals surface area contributed by atoms with Gasteiger partial charge in [0.2, 0.25) is 0 Å². The first-order valence-electron chi connectivity index (χ1n) is 18.6. The van der Waals surface area contributed by atoms with Gasteiger partial charge in [-0.1, -0.05) is 60.7 Å². The van der Waals surface area contributed by atoms with Gasteiger partial charge in [0.05, 0.1) is 22.7 Å². The Hall–Kier alpha value is -5.84. The van der Waals surface area contributed by atoms with Crippen LogP contribution in [0.25, 0.3) is 0 Å². The number of nitrogens with zero attached hydrogens (tertiary/aromatic N) is 6. The Balaban J connectivity index is 0.902. The van der Waals surface area contributed by atoms with Crippen LogP contribution in [0.15, 0.2) is 154 Å². The summed E-state index contributed by atoms with van der Waals surface area (Å²) in [6.45, 7) is 4.73. The van der Waals surface area contributed by atoms with Crippen molar-refractivity contribution in [2.24, 2.45) is 20.5 Å². The van der Waals surface area contributed by atoms with Crippen LogP contribution in [0.5, 0.6) is 0 Å². The number of carbonyl (C=O) groups excluding carboxylic acids is 2. The van der Waals surface area contributed by atoms with Crippen molar-refractivity contribution in [1.29, 1.82) is 0 Å². The smallest absolute Gasteiger partial charge is 0.251 e. The summed E-state index contributed by atoms with van der Waals surface area (Å²) < 4.78 is 0. The molecule has 5 aromatic rings. The summed E-state index contributed by atoms with van der Waals surface area (Å²) in [6, 6.07) is 42.5. The second-order valence-electron chi connectivity index (χ2n) is 13.3. The van der Waals surface area contributed by atoms with Gasteiger partial charge in [0.25, 0.3) is 11.8 Å². The normalized spacial score (nSPS) is 11.5. The Morgan fingerprint density at radius 2 is 0.778 bits per heavy atom. The highest BCUT2D eigenvalue weighted by Gasteiger charge is 2.10. The van der Waals surface area contributed by atoms with E-state index in [0.29, 0.717) is 24.2 Å². The molecular formula is C44H50N8O2. The van der Waals surface area contributed by atoms with E-state index in [9.17, 15) is 9.59 Å². The van der Waals surface area contributed by atoms with Crippen LogP contribution < -0.4 is 10.6 Å². The lowest BCUT2D eigenvalue weighted by Crippen LogP contribution is -2.30. The van der Waals surface area contributed by atoms with E-state index in [2.05, 4.69) is 79.3 Å². The quantitative estimate of drug-likeness (QED) is 0.0616. The van der Waals surface area contributed by atoms with Gasteiger partial charge in [0, 0.05) is 37.3 Å². The van der Waals surface area contributed by atoms with Crippen molar-refractivity contribution in [3.63, 3.8) is 0 Å². The highest BCUT2D eigenvalue weighted by Crippen LogP contribution is 2.20. The van der Waals surface area contributed by atoms with Crippen LogP contribution in [-0.4, -0.2) is 75.0 Å². The van der Waals surface area contributed by atoms with E-state index in [1.54, 1.807) is 24.3 Å². The minimum atomic E-state index is -0.137. The van der Waals surface area contributed by atoms with Gasteiger partial charge in [-0.05, 0) is 137 Å². The highest BCUT2D eigenvalue weighted by molar-refractivity contribution is 5.97. The summed E-state index contributed by atoms with van der Waals surface area (Å²) in [4.78, 5) is 29.9. The Morgan fingerprint density at radius 3 is 1.13 bits per heavy atom. The molecule has 0 radical (unpaired) electrons. The molecule has 5 aromatic carbocycles. The summed E-state index contributed by atoms with van der Waals surface area (Å²) >= 11 is 0. The Bertz CT molecular complexity index is 1770. The minimum absolute atomic E-state index is 0.137. The first-order valence-corrected chi connectivity index (χ1v) is 18.6. The fourth-order valence-corrected chi connectivity index (χ4v) is 5.62. The molecule has 2 N–H and O–H groups in total. The molecule has 0 saturated heterocycles. The molecule has 10 nitrogen and oxygen atoms in total. The van der Waals surface area contributed by atoms with Crippen molar-refractivity contribution in [3.05, 3.63) is 156 Å². The van der Waals surface area contributed by atoms with E-state index in [0.717, 1.165) is 74.6 Å². The molecule has 0 saturated carbocycles. The number of nitrogens with one attached hydrogen (secondary N) is 2. The van der Waals surface area contributed by atoms with Crippen molar-refractivity contribution < 1.29 is 9.59 Å². The van der Waals surface area contributed by atoms with Crippen LogP contribution in [-0.2, 0) is 12.8 Å². The average Bonchev–Trinajstić information content (AvgIpc) is 3.22. The number of benzene rings is 5. The molecule has 0 aliphatic heterocycles. The summed E-state index contributed by atoms with van der Waals surface area (Å²) in [5.41, 5.74) is 6.89. The summed E-state index contributed by atoms with van der Waals surface area (Å²) in [6.07, 6.45) is 3.54. The Kier molecular flexibility index (Phi) is 15.8. The Morgan fingerprint density at radius 1 is 0.444 bits per heavy atom. The van der Waals surface area contributed by atoms with Gasteiger partial charge < -0.3 is 20.4 Å². The number of carbonyl (C=O) groups is 2. The van der Waals surface area contributed by atoms with Gasteiger partial charge >= 0.3 is 0 Å². The zero-order chi connectivity index (χ0) is 37.8. The maximum atomic E-state index is 12.7. The van der Waals surface area contributed by atoms with E-state index in [-0.39, 0.29) is 11.8 Å². The number of azo groups is 2. The average molecular weight is 723 g/mol. The van der Waals surface area contributed by atoms with Gasteiger partial charge in [-0.3, -0.25) is 9.59 Å². The molecule has 0 bridgehead atoms. The number of hydrogen-bond acceptors (Lipinski definition) is 8. The monoisotopic (exact) mass is 722 g/mol. The predicted molar refractivity (Wildman–Crippen MR) is 217 cm³/mol. The Labute approximate surface area is 319 Å². The molecule has 54 heavy (non-hydrogen) atoms. The van der Waals surface area contributed by atoms with E-state index in [4.69, 9.17) is 0 Å². The molecule has 278 valence electrons. The SMILES string of the molecule is CN(CCCNC(=O)c1ccc(C(=O)NCCCN(C)CCc2ccc(N=Nc3ccccc3)cc2)cc1)CCc1ccc(N=Nc2ccccc2)cc1. The van der Waals surface area contributed by atoms with Crippen LogP contribution in [0.4, 0.5) is 22.7 Å². The number of likely N-dealkylation sites (N-methyl/N-ethyl adjacent to an activating group) is 2. The molecule has 0 heterocycles. The molecule has 5 rings (SSSR count). The van der Waals surface area contributed by atoms with Crippen LogP contribution in [0.2, 0.25) is 0 Å². The molecule has 0 aromatic heterocycles. The topological polar surface area (TPSA) is 114 Å². The van der Waals surface area contributed by atoms with Gasteiger partial charge in [0.1, 0.15) is 0 Å². The summed E-state index contributed by atoms with van der Waals surface area (Å²) in [5, 5.41) is 23.1. The molecule has 0 fully saturated rings. The summed E-state index contributed by atoms with van der Waals surface area (Å²) in [7, 11) is 4.19. The zero-order valence-corrected chi connectivity index (χ0v) is 31.3. The third-order valence-electron chi connectivity index (χ3n) is 8.92. The van der Waals surface area contributed by atoms with Crippen LogP contribution in [0, 0.1) is 0 Å². The third-order valence-corrected chi connectivity index (χ3v) is 8.92. The standard InChI is InChI=1S/C44H50N8O2/c1-51(33-27-35-15-23-41(24-16-35)49-47-39-11-5-3-6-12-39)31-9-29-45-43(53)37-19-21-38(22-20-37)44(54)46-30-10-32-52(2)34-28-36-17-25-42(26-18-36)50-48-40-13-7-4-8-14-40/h3-8,11-26H,9-10,27-34H2,1-2H3,(H,45,53)(H,46,54).